The summed E-state index contributed by atoms with van der Waals surface area (Å²) < 4.78 is 25.5. The predicted octanol–water partition coefficient (Wildman–Crippen LogP) is 5.63. The number of phenols is 5. The van der Waals surface area contributed by atoms with Crippen molar-refractivity contribution in [3.05, 3.63) is 89.5 Å². The molecule has 10 nitrogen and oxygen atoms in total. The van der Waals surface area contributed by atoms with E-state index in [1.807, 2.05) is 0 Å². The van der Waals surface area contributed by atoms with Gasteiger partial charge in [0.05, 0.1) is 11.5 Å². The maximum atomic E-state index is 14.6. The minimum absolute atomic E-state index is 0.0239. The van der Waals surface area contributed by atoms with Crippen molar-refractivity contribution in [2.45, 2.75) is 42.2 Å². The molecule has 0 unspecified atom stereocenters. The predicted molar refractivity (Wildman–Crippen MR) is 153 cm³/mol. The summed E-state index contributed by atoms with van der Waals surface area (Å²) in [6, 6.07) is 18.4. The molecule has 5 atom stereocenters. The third-order valence-corrected chi connectivity index (χ3v) is 9.60. The molecule has 3 aliphatic heterocycles. The average molecular weight is 593 g/mol. The standard InChI is InChI=1S/C34H24O10/c1-32-14-22(20-6-4-19(37)13-27(20)42-32)33-30(31(32)40)29-24(39)8-16(25-9-15-2-3-18(36)12-26(15)41-25)10-28(29)43-34(33,44-33)21-7-5-17(35)11-23(21)38/h2-13,22,30,35-39H,14H2,1H3/t22-,30-,32-,33-,34-/m0/s1. The molecule has 4 heterocycles. The first-order valence-electron chi connectivity index (χ1n) is 14.1. The van der Waals surface area contributed by atoms with Gasteiger partial charge in [-0.15, -0.1) is 0 Å². The molecule has 1 saturated heterocycles. The number of aromatic hydroxyl groups is 5. The van der Waals surface area contributed by atoms with Gasteiger partial charge in [-0.1, -0.05) is 6.07 Å². The zero-order valence-electron chi connectivity index (χ0n) is 23.1. The van der Waals surface area contributed by atoms with Crippen molar-refractivity contribution in [2.75, 3.05) is 0 Å². The van der Waals surface area contributed by atoms with E-state index < -0.39 is 28.8 Å². The van der Waals surface area contributed by atoms with E-state index in [2.05, 4.69) is 0 Å². The number of furan rings is 1. The number of rotatable bonds is 2. The van der Waals surface area contributed by atoms with Crippen LogP contribution in [0.1, 0.15) is 41.9 Å². The van der Waals surface area contributed by atoms with Gasteiger partial charge in [-0.2, -0.15) is 0 Å². The van der Waals surface area contributed by atoms with Gasteiger partial charge in [0, 0.05) is 52.6 Å². The second-order valence-electron chi connectivity index (χ2n) is 12.2. The van der Waals surface area contributed by atoms with Crippen LogP contribution in [0.2, 0.25) is 0 Å². The Hall–Kier alpha value is -5.35. The topological polar surface area (TPSA) is 162 Å². The first-order chi connectivity index (χ1) is 21.0. The lowest BCUT2D eigenvalue weighted by molar-refractivity contribution is -0.145. The van der Waals surface area contributed by atoms with Crippen LogP contribution in [-0.4, -0.2) is 42.5 Å². The van der Waals surface area contributed by atoms with E-state index in [0.717, 1.165) is 5.39 Å². The number of epoxide rings is 1. The number of Topliss-reactive ketones (excluding diaryl/α,β-unsaturated/α-hetero) is 1. The zero-order valence-corrected chi connectivity index (χ0v) is 23.1. The second-order valence-corrected chi connectivity index (χ2v) is 12.2. The van der Waals surface area contributed by atoms with Gasteiger partial charge in [-0.05, 0) is 55.5 Å². The van der Waals surface area contributed by atoms with Crippen LogP contribution in [0.4, 0.5) is 0 Å². The van der Waals surface area contributed by atoms with Crippen molar-refractivity contribution in [3.63, 3.8) is 0 Å². The van der Waals surface area contributed by atoms with E-state index in [9.17, 15) is 30.3 Å². The van der Waals surface area contributed by atoms with E-state index in [-0.39, 0.29) is 57.8 Å². The Morgan fingerprint density at radius 1 is 0.773 bits per heavy atom. The van der Waals surface area contributed by atoms with Crippen molar-refractivity contribution in [1.29, 1.82) is 0 Å². The van der Waals surface area contributed by atoms with Crippen molar-refractivity contribution < 1.29 is 49.0 Å². The summed E-state index contributed by atoms with van der Waals surface area (Å²) in [5.41, 5.74) is -0.724. The van der Waals surface area contributed by atoms with Crippen LogP contribution in [0.15, 0.2) is 77.2 Å². The van der Waals surface area contributed by atoms with E-state index in [0.29, 0.717) is 28.2 Å². The number of ketones is 1. The highest BCUT2D eigenvalue weighted by Crippen LogP contribution is 2.78. The quantitative estimate of drug-likeness (QED) is 0.162. The third-order valence-electron chi connectivity index (χ3n) is 9.60. The van der Waals surface area contributed by atoms with E-state index in [4.69, 9.17) is 18.6 Å². The molecule has 1 aliphatic carbocycles. The van der Waals surface area contributed by atoms with Gasteiger partial charge < -0.3 is 44.2 Å². The van der Waals surface area contributed by atoms with Crippen LogP contribution in [0.25, 0.3) is 22.3 Å². The Labute approximate surface area is 248 Å². The van der Waals surface area contributed by atoms with Crippen LogP contribution in [-0.2, 0) is 15.3 Å². The summed E-state index contributed by atoms with van der Waals surface area (Å²) in [7, 11) is 0. The van der Waals surface area contributed by atoms with Gasteiger partial charge >= 0.3 is 0 Å². The Kier molecular flexibility index (Phi) is 4.45. The molecule has 44 heavy (non-hydrogen) atoms. The first kappa shape index (κ1) is 25.2. The molecule has 2 bridgehead atoms. The molecule has 220 valence electrons. The number of benzene rings is 4. The van der Waals surface area contributed by atoms with Crippen LogP contribution in [0.3, 0.4) is 0 Å². The highest BCUT2D eigenvalue weighted by molar-refractivity contribution is 5.99. The Bertz CT molecular complexity index is 2120. The average Bonchev–Trinajstić information content (AvgIpc) is 3.46. The molecule has 4 aromatic carbocycles. The molecule has 1 saturated carbocycles. The van der Waals surface area contributed by atoms with Crippen molar-refractivity contribution in [1.82, 2.24) is 0 Å². The molecule has 5 N–H and O–H groups in total. The molecule has 2 fully saturated rings. The molecule has 5 aromatic rings. The number of carbonyl (C=O) groups is 1. The molecule has 0 radical (unpaired) electrons. The third kappa shape index (κ3) is 2.95. The first-order valence-corrected chi connectivity index (χ1v) is 14.1. The van der Waals surface area contributed by atoms with Gasteiger partial charge in [0.2, 0.25) is 0 Å². The van der Waals surface area contributed by atoms with Gasteiger partial charge in [0.15, 0.2) is 17.0 Å². The van der Waals surface area contributed by atoms with Gasteiger partial charge in [-0.3, -0.25) is 4.79 Å². The van der Waals surface area contributed by atoms with Crippen LogP contribution >= 0.6 is 0 Å². The fraction of sp³-hybridized carbons (Fsp3) is 0.206. The number of carbonyl (C=O) groups excluding carboxylic acids is 1. The molecule has 10 heteroatoms. The zero-order chi connectivity index (χ0) is 30.3. The fourth-order valence-electron chi connectivity index (χ4n) is 7.69. The van der Waals surface area contributed by atoms with Crippen molar-refractivity contribution in [3.8, 4) is 51.6 Å². The highest BCUT2D eigenvalue weighted by Gasteiger charge is 2.88. The Morgan fingerprint density at radius 3 is 2.34 bits per heavy atom. The number of fused-ring (bicyclic) bond motifs is 7. The van der Waals surface area contributed by atoms with Crippen LogP contribution < -0.4 is 9.47 Å². The maximum Gasteiger partial charge on any atom is 0.272 e. The van der Waals surface area contributed by atoms with E-state index in [1.54, 1.807) is 37.3 Å². The number of phenolic OH excluding ortho intramolecular Hbond substituents is 5. The largest absolute Gasteiger partial charge is 0.508 e. The van der Waals surface area contributed by atoms with Crippen LogP contribution in [0.5, 0.6) is 40.2 Å². The SMILES string of the molecule is C[C@@]12C[C@@H](c3ccc(O)cc3O1)[C@@]13O[C@]1(c1ccc(O)cc1O)Oc1cc(-c4cc5ccc(O)cc5o4)cc(O)c1[C@H]3C2=O. The number of hydrogen-bond donors (Lipinski definition) is 5. The highest BCUT2D eigenvalue weighted by atomic mass is 16.8. The lowest BCUT2D eigenvalue weighted by atomic mass is 9.56. The lowest BCUT2D eigenvalue weighted by Gasteiger charge is -2.51. The number of ether oxygens (including phenoxy) is 3. The summed E-state index contributed by atoms with van der Waals surface area (Å²) in [5.74, 6) is -3.40. The summed E-state index contributed by atoms with van der Waals surface area (Å²) in [5, 5.41) is 53.6. The smallest absolute Gasteiger partial charge is 0.272 e. The van der Waals surface area contributed by atoms with Gasteiger partial charge in [0.1, 0.15) is 51.6 Å². The monoisotopic (exact) mass is 592 g/mol. The summed E-state index contributed by atoms with van der Waals surface area (Å²) in [4.78, 5) is 14.6. The minimum atomic E-state index is -1.68. The van der Waals surface area contributed by atoms with Crippen molar-refractivity contribution >= 4 is 16.8 Å². The summed E-state index contributed by atoms with van der Waals surface area (Å²) in [6.07, 6.45) is 0.226. The molecule has 1 spiro atoms. The Morgan fingerprint density at radius 2 is 1.52 bits per heavy atom. The molecule has 4 aliphatic rings. The fourth-order valence-corrected chi connectivity index (χ4v) is 7.69. The van der Waals surface area contributed by atoms with E-state index >= 15 is 0 Å². The lowest BCUT2D eigenvalue weighted by Crippen LogP contribution is -2.61. The molecule has 0 amide bonds. The summed E-state index contributed by atoms with van der Waals surface area (Å²) in [6.45, 7) is 1.69. The molecule has 9 rings (SSSR count). The van der Waals surface area contributed by atoms with Gasteiger partial charge in [0.25, 0.3) is 5.79 Å². The second kappa shape index (κ2) is 7.78. The molecular formula is C34H24O10. The molecule has 1 aromatic heterocycles. The molecular weight excluding hydrogens is 568 g/mol. The van der Waals surface area contributed by atoms with Crippen LogP contribution in [0, 0.1) is 0 Å². The maximum absolute atomic E-state index is 14.6. The normalized spacial score (nSPS) is 29.1. The summed E-state index contributed by atoms with van der Waals surface area (Å²) >= 11 is 0. The Balaban J connectivity index is 1.30. The van der Waals surface area contributed by atoms with Crippen molar-refractivity contribution in [2.24, 2.45) is 0 Å². The number of hydrogen-bond acceptors (Lipinski definition) is 10. The van der Waals surface area contributed by atoms with Gasteiger partial charge in [-0.25, -0.2) is 0 Å². The minimum Gasteiger partial charge on any atom is -0.508 e. The van der Waals surface area contributed by atoms with E-state index in [1.165, 1.54) is 42.5 Å².